The predicted molar refractivity (Wildman–Crippen MR) is 165 cm³/mol. The minimum absolute atomic E-state index is 0.166. The van der Waals surface area contributed by atoms with Crippen molar-refractivity contribution in [2.24, 2.45) is 0 Å². The van der Waals surface area contributed by atoms with Crippen LogP contribution in [0, 0.1) is 0 Å². The third-order valence-corrected chi connectivity index (χ3v) is 11.1. The fourth-order valence-electron chi connectivity index (χ4n) is 4.78. The number of para-hydroxylation sites is 2. The fraction of sp³-hybridized carbons (Fsp3) is 0.172. The van der Waals surface area contributed by atoms with Crippen molar-refractivity contribution in [3.63, 3.8) is 0 Å². The van der Waals surface area contributed by atoms with Crippen LogP contribution in [0.3, 0.4) is 0 Å². The van der Waals surface area contributed by atoms with E-state index in [0.717, 1.165) is 56.3 Å². The number of hydrogen-bond donors (Lipinski definition) is 1. The van der Waals surface area contributed by atoms with Crippen LogP contribution >= 0.6 is 45.3 Å². The van der Waals surface area contributed by atoms with Gasteiger partial charge in [0.1, 0.15) is 15.0 Å². The van der Waals surface area contributed by atoms with Gasteiger partial charge in [-0.3, -0.25) is 4.79 Å². The molecule has 200 valence electrons. The Labute approximate surface area is 245 Å². The zero-order valence-corrected chi connectivity index (χ0v) is 24.6. The maximum Gasteiger partial charge on any atom is 0.410 e. The second-order valence-electron chi connectivity index (χ2n) is 9.17. The lowest BCUT2D eigenvalue weighted by Gasteiger charge is -2.26. The van der Waals surface area contributed by atoms with Gasteiger partial charge in [0.25, 0.3) is 5.91 Å². The summed E-state index contributed by atoms with van der Waals surface area (Å²) in [5.41, 5.74) is 3.99. The summed E-state index contributed by atoms with van der Waals surface area (Å²) in [6.45, 7) is 3.16. The average Bonchev–Trinajstić information content (AvgIpc) is 3.75. The third-order valence-electron chi connectivity index (χ3n) is 6.65. The van der Waals surface area contributed by atoms with Crippen molar-refractivity contribution in [2.75, 3.05) is 18.5 Å². The molecule has 0 unspecified atom stereocenters. The fourth-order valence-corrected chi connectivity index (χ4v) is 9.08. The number of nitrogens with zero attached hydrogens (tertiary/aromatic N) is 3. The largest absolute Gasteiger partial charge is 0.450 e. The molecule has 1 aliphatic rings. The Morgan fingerprint density at radius 2 is 1.60 bits per heavy atom. The Balaban J connectivity index is 1.22. The molecule has 0 fully saturated rings. The predicted octanol–water partition coefficient (Wildman–Crippen LogP) is 8.13. The van der Waals surface area contributed by atoms with Gasteiger partial charge < -0.3 is 15.0 Å². The molecule has 0 atom stereocenters. The minimum atomic E-state index is -0.311. The van der Waals surface area contributed by atoms with Crippen LogP contribution < -0.4 is 5.32 Å². The molecule has 2 aromatic carbocycles. The molecule has 0 bridgehead atoms. The van der Waals surface area contributed by atoms with Crippen LogP contribution in [-0.2, 0) is 17.7 Å². The molecule has 6 aromatic rings. The van der Waals surface area contributed by atoms with E-state index in [4.69, 9.17) is 14.7 Å². The highest BCUT2D eigenvalue weighted by Gasteiger charge is 2.30. The normalized spacial score (nSPS) is 13.1. The van der Waals surface area contributed by atoms with E-state index in [2.05, 4.69) is 17.4 Å². The molecular formula is C29H22N4O3S4. The number of hydrogen-bond acceptors (Lipinski definition) is 9. The molecule has 0 saturated carbocycles. The topological polar surface area (TPSA) is 84.4 Å². The first-order valence-corrected chi connectivity index (χ1v) is 16.0. The molecule has 0 saturated heterocycles. The Kier molecular flexibility index (Phi) is 6.59. The highest BCUT2D eigenvalue weighted by atomic mass is 32.1. The molecule has 0 aliphatic carbocycles. The van der Waals surface area contributed by atoms with E-state index in [0.29, 0.717) is 31.0 Å². The minimum Gasteiger partial charge on any atom is -0.450 e. The van der Waals surface area contributed by atoms with Gasteiger partial charge in [-0.1, -0.05) is 24.3 Å². The summed E-state index contributed by atoms with van der Waals surface area (Å²) in [5.74, 6) is -0.166. The summed E-state index contributed by atoms with van der Waals surface area (Å²) in [4.78, 5) is 40.0. The lowest BCUT2D eigenvalue weighted by molar-refractivity contribution is 0.102. The van der Waals surface area contributed by atoms with E-state index in [1.807, 2.05) is 55.5 Å². The zero-order valence-electron chi connectivity index (χ0n) is 21.3. The number of carbonyl (C=O) groups is 2. The van der Waals surface area contributed by atoms with Gasteiger partial charge in [0.2, 0.25) is 0 Å². The molecule has 5 heterocycles. The molecule has 0 radical (unpaired) electrons. The van der Waals surface area contributed by atoms with Crippen molar-refractivity contribution < 1.29 is 14.3 Å². The molecule has 4 aromatic heterocycles. The summed E-state index contributed by atoms with van der Waals surface area (Å²) < 4.78 is 7.47. The summed E-state index contributed by atoms with van der Waals surface area (Å²) in [7, 11) is 0. The summed E-state index contributed by atoms with van der Waals surface area (Å²) >= 11 is 6.20. The molecule has 1 N–H and O–H groups in total. The SMILES string of the molecule is CCOC(=O)N1CCc2c(sc(NC(=O)c3ccc(-c4nc5ccccc5s4)s3)c2-c2nc3ccccc3s2)C1. The molecule has 11 heteroatoms. The lowest BCUT2D eigenvalue weighted by Crippen LogP contribution is -2.35. The van der Waals surface area contributed by atoms with Gasteiger partial charge in [0.05, 0.1) is 43.3 Å². The smallest absolute Gasteiger partial charge is 0.410 e. The molecule has 40 heavy (non-hydrogen) atoms. The lowest BCUT2D eigenvalue weighted by atomic mass is 10.0. The second-order valence-corrected chi connectivity index (χ2v) is 13.4. The zero-order chi connectivity index (χ0) is 27.2. The number of rotatable bonds is 5. The van der Waals surface area contributed by atoms with Crippen molar-refractivity contribution in [3.05, 3.63) is 76.0 Å². The highest BCUT2D eigenvalue weighted by Crippen LogP contribution is 2.46. The van der Waals surface area contributed by atoms with Crippen molar-refractivity contribution >= 4 is 82.8 Å². The van der Waals surface area contributed by atoms with Crippen molar-refractivity contribution in [1.82, 2.24) is 14.9 Å². The molecule has 7 nitrogen and oxygen atoms in total. The van der Waals surface area contributed by atoms with Crippen LogP contribution in [0.1, 0.15) is 27.0 Å². The third kappa shape index (κ3) is 4.58. The van der Waals surface area contributed by atoms with Gasteiger partial charge in [-0.05, 0) is 55.3 Å². The van der Waals surface area contributed by atoms with Gasteiger partial charge in [-0.2, -0.15) is 0 Å². The first-order valence-electron chi connectivity index (χ1n) is 12.8. The Morgan fingerprint density at radius 1 is 0.900 bits per heavy atom. The maximum absolute atomic E-state index is 13.5. The number of anilines is 1. The summed E-state index contributed by atoms with van der Waals surface area (Å²) in [6, 6.07) is 19.9. The van der Waals surface area contributed by atoms with E-state index in [1.54, 1.807) is 27.6 Å². The second kappa shape index (κ2) is 10.4. The highest BCUT2D eigenvalue weighted by molar-refractivity contribution is 7.26. The monoisotopic (exact) mass is 602 g/mol. The van der Waals surface area contributed by atoms with Crippen LogP contribution in [0.15, 0.2) is 60.7 Å². The van der Waals surface area contributed by atoms with Crippen LogP contribution in [0.5, 0.6) is 0 Å². The van der Waals surface area contributed by atoms with Gasteiger partial charge in [0, 0.05) is 17.0 Å². The Hall–Kier alpha value is -3.64. The van der Waals surface area contributed by atoms with E-state index in [1.165, 1.54) is 22.7 Å². The number of fused-ring (bicyclic) bond motifs is 3. The van der Waals surface area contributed by atoms with Gasteiger partial charge in [-0.15, -0.1) is 45.3 Å². The first-order chi connectivity index (χ1) is 19.6. The number of benzene rings is 2. The maximum atomic E-state index is 13.5. The number of ether oxygens (including phenoxy) is 1. The molecule has 7 rings (SSSR count). The van der Waals surface area contributed by atoms with E-state index in [9.17, 15) is 9.59 Å². The quantitative estimate of drug-likeness (QED) is 0.215. The van der Waals surface area contributed by atoms with Crippen molar-refractivity contribution in [3.8, 4) is 20.5 Å². The summed E-state index contributed by atoms with van der Waals surface area (Å²) in [6.07, 6.45) is 0.363. The molecular weight excluding hydrogens is 581 g/mol. The summed E-state index contributed by atoms with van der Waals surface area (Å²) in [5, 5.41) is 5.73. The number of carbonyl (C=O) groups excluding carboxylic acids is 2. The van der Waals surface area contributed by atoms with Crippen molar-refractivity contribution in [1.29, 1.82) is 0 Å². The molecule has 2 amide bonds. The van der Waals surface area contributed by atoms with E-state index in [-0.39, 0.29) is 12.0 Å². The standard InChI is InChI=1S/C29H22N4O3S4/c1-2-36-29(35)33-14-13-16-23(15-33)40-28(24(16)27-31-18-8-4-6-10-20(18)39-27)32-25(34)21-11-12-22(37-21)26-30-17-7-3-5-9-19(17)38-26/h3-12H,2,13-15H2,1H3,(H,32,34). The van der Waals surface area contributed by atoms with Crippen LogP contribution in [0.25, 0.3) is 40.9 Å². The van der Waals surface area contributed by atoms with Crippen LogP contribution in [-0.4, -0.2) is 40.0 Å². The van der Waals surface area contributed by atoms with Crippen molar-refractivity contribution in [2.45, 2.75) is 19.9 Å². The Morgan fingerprint density at radius 3 is 2.33 bits per heavy atom. The average molecular weight is 603 g/mol. The van der Waals surface area contributed by atoms with Crippen LogP contribution in [0.2, 0.25) is 0 Å². The van der Waals surface area contributed by atoms with Gasteiger partial charge in [-0.25, -0.2) is 14.8 Å². The van der Waals surface area contributed by atoms with E-state index < -0.39 is 0 Å². The van der Waals surface area contributed by atoms with E-state index >= 15 is 0 Å². The van der Waals surface area contributed by atoms with Gasteiger partial charge in [0.15, 0.2) is 0 Å². The first kappa shape index (κ1) is 25.3. The molecule has 1 aliphatic heterocycles. The number of amides is 2. The Bertz CT molecular complexity index is 1830. The number of thiazole rings is 2. The molecule has 0 spiro atoms. The van der Waals surface area contributed by atoms with Crippen LogP contribution in [0.4, 0.5) is 9.80 Å². The number of aromatic nitrogens is 2. The number of nitrogens with one attached hydrogen (secondary N) is 1. The van der Waals surface area contributed by atoms with Gasteiger partial charge >= 0.3 is 6.09 Å². The number of thiophene rings is 2.